The molecule has 9 heteroatoms. The minimum atomic E-state index is -0.465. The molecule has 0 radical (unpaired) electrons. The third kappa shape index (κ3) is 5.96. The Kier molecular flexibility index (Phi) is 7.49. The molecule has 1 aliphatic heterocycles. The van der Waals surface area contributed by atoms with Crippen LogP contribution in [0.3, 0.4) is 0 Å². The van der Waals surface area contributed by atoms with Gasteiger partial charge in [0.05, 0.1) is 22.0 Å². The number of halogens is 1. The van der Waals surface area contributed by atoms with E-state index in [4.69, 9.17) is 11.6 Å². The van der Waals surface area contributed by atoms with Gasteiger partial charge < -0.3 is 10.6 Å². The van der Waals surface area contributed by atoms with Gasteiger partial charge in [0.2, 0.25) is 5.91 Å². The third-order valence-electron chi connectivity index (χ3n) is 4.43. The lowest BCUT2D eigenvalue weighted by atomic mass is 10.1. The highest BCUT2D eigenvalue weighted by Crippen LogP contribution is 2.31. The molecule has 1 aliphatic rings. The molecule has 4 amide bonds. The molecule has 0 bridgehead atoms. The molecule has 160 valence electrons. The van der Waals surface area contributed by atoms with Crippen LogP contribution >= 0.6 is 23.4 Å². The van der Waals surface area contributed by atoms with Crippen LogP contribution in [0.4, 0.5) is 4.79 Å². The summed E-state index contributed by atoms with van der Waals surface area (Å²) in [6, 6.07) is 14.1. The molecule has 1 fully saturated rings. The molecule has 0 unspecified atom stereocenters. The van der Waals surface area contributed by atoms with E-state index in [1.165, 1.54) is 0 Å². The fraction of sp³-hybridized carbons (Fsp3) is 0.182. The van der Waals surface area contributed by atoms with E-state index in [1.807, 2.05) is 31.2 Å². The summed E-state index contributed by atoms with van der Waals surface area (Å²) >= 11 is 6.82. The summed E-state index contributed by atoms with van der Waals surface area (Å²) in [5.74, 6) is -1.30. The van der Waals surface area contributed by atoms with E-state index in [1.54, 1.807) is 30.3 Å². The molecule has 2 N–H and O–H groups in total. The van der Waals surface area contributed by atoms with Crippen molar-refractivity contribution >= 4 is 52.4 Å². The van der Waals surface area contributed by atoms with Crippen molar-refractivity contribution in [3.63, 3.8) is 0 Å². The second-order valence-electron chi connectivity index (χ2n) is 6.76. The molecular formula is C22H20ClN3O4S. The Morgan fingerprint density at radius 2 is 1.77 bits per heavy atom. The van der Waals surface area contributed by atoms with Gasteiger partial charge in [-0.25, -0.2) is 0 Å². The highest BCUT2D eigenvalue weighted by Gasteiger charge is 2.34. The molecule has 1 heterocycles. The van der Waals surface area contributed by atoms with Gasteiger partial charge in [-0.3, -0.25) is 24.1 Å². The Morgan fingerprint density at radius 3 is 2.48 bits per heavy atom. The number of hydrogen-bond acceptors (Lipinski definition) is 5. The van der Waals surface area contributed by atoms with Crippen molar-refractivity contribution in [2.75, 3.05) is 19.6 Å². The first-order chi connectivity index (χ1) is 14.8. The first-order valence-electron chi connectivity index (χ1n) is 9.46. The second kappa shape index (κ2) is 10.3. The van der Waals surface area contributed by atoms with Crippen LogP contribution in [0.25, 0.3) is 6.08 Å². The number of carbonyl (C=O) groups excluding carboxylic acids is 4. The Hall–Kier alpha value is -3.10. The lowest BCUT2D eigenvalue weighted by Crippen LogP contribution is -2.41. The molecule has 2 aromatic carbocycles. The van der Waals surface area contributed by atoms with Crippen molar-refractivity contribution in [3.8, 4) is 0 Å². The molecule has 1 saturated heterocycles. The van der Waals surface area contributed by atoms with Gasteiger partial charge in [0, 0.05) is 13.1 Å². The summed E-state index contributed by atoms with van der Waals surface area (Å²) in [4.78, 5) is 50.1. The fourth-order valence-electron chi connectivity index (χ4n) is 2.78. The highest BCUT2D eigenvalue weighted by atomic mass is 35.5. The number of carbonyl (C=O) groups is 4. The van der Waals surface area contributed by atoms with E-state index < -0.39 is 17.7 Å². The Balaban J connectivity index is 1.46. The number of nitrogens with one attached hydrogen (secondary N) is 2. The maximum atomic E-state index is 12.5. The van der Waals surface area contributed by atoms with Crippen molar-refractivity contribution in [1.82, 2.24) is 15.5 Å². The average molecular weight is 458 g/mol. The van der Waals surface area contributed by atoms with Crippen LogP contribution < -0.4 is 10.6 Å². The van der Waals surface area contributed by atoms with Gasteiger partial charge in [-0.2, -0.15) is 0 Å². The number of hydrogen-bond donors (Lipinski definition) is 2. The van der Waals surface area contributed by atoms with Gasteiger partial charge in [0.1, 0.15) is 0 Å². The second-order valence-corrected chi connectivity index (χ2v) is 8.16. The zero-order chi connectivity index (χ0) is 22.4. The molecule has 0 aromatic heterocycles. The molecule has 0 saturated carbocycles. The van der Waals surface area contributed by atoms with Crippen LogP contribution in [0.2, 0.25) is 5.02 Å². The maximum absolute atomic E-state index is 12.5. The van der Waals surface area contributed by atoms with Crippen LogP contribution in [0.5, 0.6) is 0 Å². The minimum Gasteiger partial charge on any atom is -0.353 e. The van der Waals surface area contributed by atoms with E-state index in [0.717, 1.165) is 27.8 Å². The van der Waals surface area contributed by atoms with Gasteiger partial charge in [-0.05, 0) is 42.5 Å². The topological polar surface area (TPSA) is 95.6 Å². The quantitative estimate of drug-likeness (QED) is 0.622. The van der Waals surface area contributed by atoms with Gasteiger partial charge in [0.25, 0.3) is 17.1 Å². The zero-order valence-electron chi connectivity index (χ0n) is 16.7. The highest BCUT2D eigenvalue weighted by molar-refractivity contribution is 8.18. The average Bonchev–Trinajstić information content (AvgIpc) is 3.01. The molecule has 31 heavy (non-hydrogen) atoms. The number of thioether (sulfide) groups is 1. The Bertz CT molecular complexity index is 1050. The minimum absolute atomic E-state index is 0.0418. The van der Waals surface area contributed by atoms with Crippen LogP contribution in [-0.4, -0.2) is 47.5 Å². The summed E-state index contributed by atoms with van der Waals surface area (Å²) in [6.45, 7) is 1.84. The van der Waals surface area contributed by atoms with Crippen molar-refractivity contribution in [1.29, 1.82) is 0 Å². The largest absolute Gasteiger partial charge is 0.353 e. The zero-order valence-corrected chi connectivity index (χ0v) is 18.3. The molecule has 3 rings (SSSR count). The van der Waals surface area contributed by atoms with Crippen molar-refractivity contribution < 1.29 is 19.2 Å². The number of amides is 4. The van der Waals surface area contributed by atoms with Crippen molar-refractivity contribution in [2.45, 2.75) is 6.92 Å². The SMILES string of the molecule is Cc1ccc(/C=C2/SC(=O)N(CCNC(=O)CNC(=O)c3ccccc3Cl)C2=O)cc1. The van der Waals surface area contributed by atoms with Gasteiger partial charge >= 0.3 is 0 Å². The maximum Gasteiger partial charge on any atom is 0.293 e. The van der Waals surface area contributed by atoms with Crippen LogP contribution in [0.1, 0.15) is 21.5 Å². The first kappa shape index (κ1) is 22.6. The van der Waals surface area contributed by atoms with Crippen LogP contribution in [0, 0.1) is 6.92 Å². The third-order valence-corrected chi connectivity index (χ3v) is 5.67. The predicted octanol–water partition coefficient (Wildman–Crippen LogP) is 3.23. The molecule has 0 aliphatic carbocycles. The number of benzene rings is 2. The van der Waals surface area contributed by atoms with E-state index in [9.17, 15) is 19.2 Å². The number of aryl methyl sites for hydroxylation is 1. The molecule has 0 atom stereocenters. The van der Waals surface area contributed by atoms with Crippen molar-refractivity contribution in [2.24, 2.45) is 0 Å². The molecule has 7 nitrogen and oxygen atoms in total. The summed E-state index contributed by atoms with van der Waals surface area (Å²) in [7, 11) is 0. The van der Waals surface area contributed by atoms with Gasteiger partial charge in [0.15, 0.2) is 0 Å². The van der Waals surface area contributed by atoms with Crippen LogP contribution in [-0.2, 0) is 9.59 Å². The monoisotopic (exact) mass is 457 g/mol. The van der Waals surface area contributed by atoms with E-state index in [-0.39, 0.29) is 30.4 Å². The summed E-state index contributed by atoms with van der Waals surface area (Å²) in [6.07, 6.45) is 1.67. The molecule has 2 aromatic rings. The Morgan fingerprint density at radius 1 is 1.06 bits per heavy atom. The summed E-state index contributed by atoms with van der Waals surface area (Å²) in [5.41, 5.74) is 2.21. The number of nitrogens with zero attached hydrogens (tertiary/aromatic N) is 1. The lowest BCUT2D eigenvalue weighted by molar-refractivity contribution is -0.124. The molecular weight excluding hydrogens is 438 g/mol. The van der Waals surface area contributed by atoms with Gasteiger partial charge in [-0.1, -0.05) is 53.6 Å². The smallest absolute Gasteiger partial charge is 0.293 e. The lowest BCUT2D eigenvalue weighted by Gasteiger charge is -2.13. The van der Waals surface area contributed by atoms with Crippen LogP contribution in [0.15, 0.2) is 53.4 Å². The first-order valence-corrected chi connectivity index (χ1v) is 10.7. The van der Waals surface area contributed by atoms with E-state index >= 15 is 0 Å². The fourth-order valence-corrected chi connectivity index (χ4v) is 3.86. The summed E-state index contributed by atoms with van der Waals surface area (Å²) < 4.78 is 0. The van der Waals surface area contributed by atoms with E-state index in [0.29, 0.717) is 9.93 Å². The van der Waals surface area contributed by atoms with E-state index in [2.05, 4.69) is 10.6 Å². The number of rotatable bonds is 7. The van der Waals surface area contributed by atoms with Crippen molar-refractivity contribution in [3.05, 3.63) is 75.1 Å². The molecule has 0 spiro atoms. The number of imide groups is 1. The standard InChI is InChI=1S/C22H20ClN3O4S/c1-14-6-8-15(9-7-14)12-18-21(29)26(22(30)31-18)11-10-24-19(27)13-25-20(28)16-4-2-3-5-17(16)23/h2-9,12H,10-11,13H2,1H3,(H,24,27)(H,25,28)/b18-12+. The Labute approximate surface area is 188 Å². The normalized spacial score (nSPS) is 14.8. The summed E-state index contributed by atoms with van der Waals surface area (Å²) in [5, 5.41) is 4.96. The van der Waals surface area contributed by atoms with Gasteiger partial charge in [-0.15, -0.1) is 0 Å². The predicted molar refractivity (Wildman–Crippen MR) is 121 cm³/mol.